The van der Waals surface area contributed by atoms with E-state index in [2.05, 4.69) is 50.1 Å². The molecule has 0 radical (unpaired) electrons. The monoisotopic (exact) mass is 342 g/mol. The summed E-state index contributed by atoms with van der Waals surface area (Å²) in [5.74, 6) is -0.487. The lowest BCUT2D eigenvalue weighted by atomic mass is 9.78. The Balaban J connectivity index is 2.03. The summed E-state index contributed by atoms with van der Waals surface area (Å²) in [6.07, 6.45) is 5.24. The minimum Gasteiger partial charge on any atom is -0.352 e. The maximum atomic E-state index is 12.7. The molecule has 1 aromatic rings. The third-order valence-electron chi connectivity index (χ3n) is 5.14. The molecule has 0 heterocycles. The second kappa shape index (κ2) is 8.84. The lowest BCUT2D eigenvalue weighted by Crippen LogP contribution is -2.43. The van der Waals surface area contributed by atoms with Crippen LogP contribution in [0, 0.1) is 32.6 Å². The van der Waals surface area contributed by atoms with Gasteiger partial charge >= 0.3 is 0 Å². The molecule has 2 amide bonds. The van der Waals surface area contributed by atoms with Crippen LogP contribution in [0.25, 0.3) is 0 Å². The Morgan fingerprint density at radius 3 is 2.08 bits per heavy atom. The van der Waals surface area contributed by atoms with Gasteiger partial charge in [-0.05, 0) is 50.3 Å². The van der Waals surface area contributed by atoms with E-state index in [1.54, 1.807) is 6.08 Å². The van der Waals surface area contributed by atoms with Gasteiger partial charge in [0.25, 0.3) is 0 Å². The number of hydrogen-bond acceptors (Lipinski definition) is 2. The fourth-order valence-electron chi connectivity index (χ4n) is 3.86. The van der Waals surface area contributed by atoms with Crippen LogP contribution in [0.5, 0.6) is 0 Å². The average molecular weight is 342 g/mol. The second-order valence-electron chi connectivity index (χ2n) is 7.13. The first kappa shape index (κ1) is 19.2. The minimum atomic E-state index is -0.232. The number of benzene rings is 1. The molecule has 4 nitrogen and oxygen atoms in total. The zero-order valence-corrected chi connectivity index (χ0v) is 15.7. The summed E-state index contributed by atoms with van der Waals surface area (Å²) in [5.41, 5.74) is 4.79. The summed E-state index contributed by atoms with van der Waals surface area (Å²) in [6.45, 7) is 10.8. The quantitative estimate of drug-likeness (QED) is 0.779. The molecule has 0 aliphatic heterocycles. The van der Waals surface area contributed by atoms with Gasteiger partial charge < -0.3 is 10.6 Å². The van der Waals surface area contributed by atoms with Crippen LogP contribution in [0.3, 0.4) is 0 Å². The van der Waals surface area contributed by atoms with E-state index in [1.165, 1.54) is 22.3 Å². The van der Waals surface area contributed by atoms with Crippen molar-refractivity contribution >= 4 is 11.8 Å². The van der Waals surface area contributed by atoms with Gasteiger partial charge in [0.05, 0.1) is 0 Å². The van der Waals surface area contributed by atoms with Gasteiger partial charge in [0.1, 0.15) is 0 Å². The van der Waals surface area contributed by atoms with Crippen molar-refractivity contribution < 1.29 is 9.59 Å². The lowest BCUT2D eigenvalue weighted by Gasteiger charge is -2.29. The fraction of sp³-hybridized carbons (Fsp3) is 0.524. The summed E-state index contributed by atoms with van der Waals surface area (Å²) < 4.78 is 0. The van der Waals surface area contributed by atoms with Crippen LogP contribution in [0.4, 0.5) is 0 Å². The van der Waals surface area contributed by atoms with Crippen molar-refractivity contribution in [3.05, 3.63) is 47.0 Å². The van der Waals surface area contributed by atoms with Crippen LogP contribution in [-0.2, 0) is 16.1 Å². The van der Waals surface area contributed by atoms with Gasteiger partial charge in [-0.15, -0.1) is 6.58 Å². The molecule has 1 saturated carbocycles. The molecule has 0 bridgehead atoms. The molecular formula is C21H30N2O2. The summed E-state index contributed by atoms with van der Waals surface area (Å²) in [6, 6.07) is 4.28. The molecule has 2 N–H and O–H groups in total. The van der Waals surface area contributed by atoms with Crippen LogP contribution in [0.2, 0.25) is 0 Å². The first-order valence-corrected chi connectivity index (χ1v) is 9.17. The van der Waals surface area contributed by atoms with E-state index >= 15 is 0 Å². The Morgan fingerprint density at radius 1 is 1.04 bits per heavy atom. The molecular weight excluding hydrogens is 312 g/mol. The molecule has 136 valence electrons. The van der Waals surface area contributed by atoms with E-state index in [0.29, 0.717) is 13.1 Å². The maximum Gasteiger partial charge on any atom is 0.224 e. The van der Waals surface area contributed by atoms with Crippen molar-refractivity contribution in [1.82, 2.24) is 10.6 Å². The minimum absolute atomic E-state index is 0.00201. The highest BCUT2D eigenvalue weighted by atomic mass is 16.2. The Kier molecular flexibility index (Phi) is 6.80. The highest BCUT2D eigenvalue weighted by Gasteiger charge is 2.35. The number of carbonyl (C=O) groups is 2. The number of carbonyl (C=O) groups excluding carboxylic acids is 2. The molecule has 25 heavy (non-hydrogen) atoms. The Labute approximate surface area is 151 Å². The third kappa shape index (κ3) is 4.94. The molecule has 0 spiro atoms. The lowest BCUT2D eigenvalue weighted by molar-refractivity contribution is -0.136. The van der Waals surface area contributed by atoms with Crippen LogP contribution in [0.1, 0.15) is 47.9 Å². The van der Waals surface area contributed by atoms with Crippen molar-refractivity contribution in [2.75, 3.05) is 6.54 Å². The standard InChI is InChI=1S/C21H30N2O2/c1-5-10-22-20(24)17-8-6-7-9-18(17)21(25)23-13-19-15(3)11-14(2)12-16(19)4/h5,11-12,17-18H,1,6-10,13H2,2-4H3,(H,22,24)(H,23,25)/t17-,18+/m0/s1. The van der Waals surface area contributed by atoms with E-state index in [-0.39, 0.29) is 23.7 Å². The maximum absolute atomic E-state index is 12.7. The highest BCUT2D eigenvalue weighted by Crippen LogP contribution is 2.30. The molecule has 1 fully saturated rings. The number of amides is 2. The Hall–Kier alpha value is -2.10. The predicted octanol–water partition coefficient (Wildman–Crippen LogP) is 3.34. The van der Waals surface area contributed by atoms with E-state index in [9.17, 15) is 9.59 Å². The topological polar surface area (TPSA) is 58.2 Å². The molecule has 2 rings (SSSR count). The average Bonchev–Trinajstić information content (AvgIpc) is 2.58. The van der Waals surface area contributed by atoms with Gasteiger partial charge in [0.2, 0.25) is 11.8 Å². The van der Waals surface area contributed by atoms with Crippen molar-refractivity contribution in [3.8, 4) is 0 Å². The molecule has 4 heteroatoms. The van der Waals surface area contributed by atoms with Crippen LogP contribution >= 0.6 is 0 Å². The normalized spacial score (nSPS) is 20.0. The van der Waals surface area contributed by atoms with Gasteiger partial charge in [-0.2, -0.15) is 0 Å². The summed E-state index contributed by atoms with van der Waals surface area (Å²) in [5, 5.41) is 5.92. The van der Waals surface area contributed by atoms with Gasteiger partial charge in [0, 0.05) is 24.9 Å². The van der Waals surface area contributed by atoms with Gasteiger partial charge in [-0.1, -0.05) is 36.6 Å². The van der Waals surface area contributed by atoms with Crippen LogP contribution in [0.15, 0.2) is 24.8 Å². The van der Waals surface area contributed by atoms with Crippen molar-refractivity contribution in [3.63, 3.8) is 0 Å². The highest BCUT2D eigenvalue weighted by molar-refractivity contribution is 5.88. The van der Waals surface area contributed by atoms with Crippen molar-refractivity contribution in [2.24, 2.45) is 11.8 Å². The number of hydrogen-bond donors (Lipinski definition) is 2. The second-order valence-corrected chi connectivity index (χ2v) is 7.13. The summed E-state index contributed by atoms with van der Waals surface area (Å²) >= 11 is 0. The third-order valence-corrected chi connectivity index (χ3v) is 5.14. The molecule has 1 aliphatic carbocycles. The zero-order valence-electron chi connectivity index (χ0n) is 15.7. The van der Waals surface area contributed by atoms with Crippen LogP contribution in [-0.4, -0.2) is 18.4 Å². The first-order chi connectivity index (χ1) is 11.9. The first-order valence-electron chi connectivity index (χ1n) is 9.17. The van der Waals surface area contributed by atoms with Gasteiger partial charge in [0.15, 0.2) is 0 Å². The summed E-state index contributed by atoms with van der Waals surface area (Å²) in [4.78, 5) is 25.1. The zero-order chi connectivity index (χ0) is 18.4. The number of rotatable bonds is 6. The fourth-order valence-corrected chi connectivity index (χ4v) is 3.86. The molecule has 1 aliphatic rings. The smallest absolute Gasteiger partial charge is 0.224 e. The van der Waals surface area contributed by atoms with Gasteiger partial charge in [-0.25, -0.2) is 0 Å². The molecule has 0 aromatic heterocycles. The SMILES string of the molecule is C=CCNC(=O)[C@H]1CCCC[C@H]1C(=O)NCc1c(C)cc(C)cc1C. The number of aryl methyl sites for hydroxylation is 3. The van der Waals surface area contributed by atoms with E-state index < -0.39 is 0 Å². The van der Waals surface area contributed by atoms with Crippen molar-refractivity contribution in [1.29, 1.82) is 0 Å². The van der Waals surface area contributed by atoms with Gasteiger partial charge in [-0.3, -0.25) is 9.59 Å². The predicted molar refractivity (Wildman–Crippen MR) is 101 cm³/mol. The number of nitrogens with one attached hydrogen (secondary N) is 2. The molecule has 2 atom stereocenters. The van der Waals surface area contributed by atoms with E-state index in [4.69, 9.17) is 0 Å². The molecule has 0 saturated heterocycles. The summed E-state index contributed by atoms with van der Waals surface area (Å²) in [7, 11) is 0. The van der Waals surface area contributed by atoms with Crippen LogP contribution < -0.4 is 10.6 Å². The Bertz CT molecular complexity index is 628. The Morgan fingerprint density at radius 2 is 1.56 bits per heavy atom. The van der Waals surface area contributed by atoms with E-state index in [0.717, 1.165) is 25.7 Å². The molecule has 1 aromatic carbocycles. The van der Waals surface area contributed by atoms with E-state index in [1.807, 2.05) is 0 Å². The van der Waals surface area contributed by atoms with Crippen molar-refractivity contribution in [2.45, 2.75) is 53.0 Å². The molecule has 0 unspecified atom stereocenters. The largest absolute Gasteiger partial charge is 0.352 e.